The molecule has 2 aromatic rings. The number of anilines is 1. The molecule has 2 rings (SSSR count). The first-order chi connectivity index (χ1) is 14.0. The average molecular weight is 500 g/mol. The zero-order valence-electron chi connectivity index (χ0n) is 16.8. The zero-order valence-corrected chi connectivity index (χ0v) is 19.2. The Morgan fingerprint density at radius 3 is 2.17 bits per heavy atom. The lowest BCUT2D eigenvalue weighted by Gasteiger charge is -2.31. The maximum atomic E-state index is 13.3. The Kier molecular flexibility index (Phi) is 7.96. The topological polar surface area (TPSA) is 86.8 Å². The summed E-state index contributed by atoms with van der Waals surface area (Å²) in [6.07, 6.45) is 0.963. The van der Waals surface area contributed by atoms with Gasteiger partial charge in [0.05, 0.1) is 11.9 Å². The van der Waals surface area contributed by atoms with E-state index in [1.54, 1.807) is 19.1 Å². The molecule has 2 amide bonds. The second-order valence-electron chi connectivity index (χ2n) is 6.68. The number of likely N-dealkylation sites (N-methyl/N-ethyl adjacent to an activating group) is 1. The Labute approximate surface area is 184 Å². The van der Waals surface area contributed by atoms with E-state index in [-0.39, 0.29) is 18.1 Å². The van der Waals surface area contributed by atoms with Gasteiger partial charge in [-0.15, -0.1) is 0 Å². The van der Waals surface area contributed by atoms with Crippen molar-refractivity contribution in [2.45, 2.75) is 19.5 Å². The van der Waals surface area contributed by atoms with Gasteiger partial charge >= 0.3 is 0 Å². The van der Waals surface area contributed by atoms with Crippen molar-refractivity contribution in [3.63, 3.8) is 0 Å². The monoisotopic (exact) mass is 499 g/mol. The van der Waals surface area contributed by atoms with Crippen LogP contribution in [0, 0.1) is 5.82 Å². The van der Waals surface area contributed by atoms with Gasteiger partial charge in [-0.25, -0.2) is 12.8 Å². The van der Waals surface area contributed by atoms with Crippen molar-refractivity contribution >= 4 is 43.5 Å². The van der Waals surface area contributed by atoms with E-state index in [4.69, 9.17) is 0 Å². The molecule has 30 heavy (non-hydrogen) atoms. The van der Waals surface area contributed by atoms with Gasteiger partial charge in [-0.05, 0) is 48.9 Å². The number of hydrogen-bond donors (Lipinski definition) is 1. The number of carbonyl (C=O) groups excluding carboxylic acids is 2. The molecule has 0 bridgehead atoms. The van der Waals surface area contributed by atoms with Gasteiger partial charge in [0.15, 0.2) is 0 Å². The lowest BCUT2D eigenvalue weighted by Crippen LogP contribution is -2.50. The molecule has 0 heterocycles. The van der Waals surface area contributed by atoms with E-state index in [1.807, 2.05) is 12.1 Å². The summed E-state index contributed by atoms with van der Waals surface area (Å²) in [7, 11) is -2.37. The number of nitrogens with one attached hydrogen (secondary N) is 1. The summed E-state index contributed by atoms with van der Waals surface area (Å²) >= 11 is 3.34. The number of hydrogen-bond acceptors (Lipinski definition) is 4. The van der Waals surface area contributed by atoms with Gasteiger partial charge in [0, 0.05) is 18.1 Å². The summed E-state index contributed by atoms with van der Waals surface area (Å²) in [6.45, 7) is 1.16. The Morgan fingerprint density at radius 1 is 1.10 bits per heavy atom. The number of nitrogens with zero attached hydrogens (tertiary/aromatic N) is 2. The molecule has 0 saturated heterocycles. The summed E-state index contributed by atoms with van der Waals surface area (Å²) in [4.78, 5) is 26.6. The summed E-state index contributed by atoms with van der Waals surface area (Å²) in [6, 6.07) is 11.2. The minimum Gasteiger partial charge on any atom is -0.357 e. The highest BCUT2D eigenvalue weighted by Crippen LogP contribution is 2.20. The average Bonchev–Trinajstić information content (AvgIpc) is 2.70. The Balaban J connectivity index is 2.35. The first-order valence-corrected chi connectivity index (χ1v) is 11.7. The molecule has 10 heteroatoms. The predicted molar refractivity (Wildman–Crippen MR) is 117 cm³/mol. The van der Waals surface area contributed by atoms with Crippen molar-refractivity contribution in [2.24, 2.45) is 0 Å². The fraction of sp³-hybridized carbons (Fsp3) is 0.300. The zero-order chi connectivity index (χ0) is 22.5. The van der Waals surface area contributed by atoms with Crippen LogP contribution in [0.5, 0.6) is 0 Å². The van der Waals surface area contributed by atoms with Crippen molar-refractivity contribution in [1.82, 2.24) is 10.2 Å². The Hall–Kier alpha value is -2.46. The van der Waals surface area contributed by atoms with Crippen LogP contribution >= 0.6 is 15.9 Å². The molecule has 0 aliphatic rings. The molecule has 1 N–H and O–H groups in total. The lowest BCUT2D eigenvalue weighted by atomic mass is 10.1. The van der Waals surface area contributed by atoms with Gasteiger partial charge in [-0.1, -0.05) is 28.1 Å². The largest absolute Gasteiger partial charge is 0.357 e. The van der Waals surface area contributed by atoms with Crippen LogP contribution in [-0.2, 0) is 26.2 Å². The Bertz CT molecular complexity index is 998. The van der Waals surface area contributed by atoms with Crippen molar-refractivity contribution in [2.75, 3.05) is 24.2 Å². The van der Waals surface area contributed by atoms with Gasteiger partial charge in [-0.3, -0.25) is 13.9 Å². The highest BCUT2D eigenvalue weighted by atomic mass is 79.9. The van der Waals surface area contributed by atoms with Gasteiger partial charge in [-0.2, -0.15) is 0 Å². The maximum absolute atomic E-state index is 13.3. The van der Waals surface area contributed by atoms with Crippen LogP contribution in [0.2, 0.25) is 0 Å². The molecule has 0 fully saturated rings. The standard InChI is InChI=1S/C20H23BrFN3O4S/c1-14(20(27)23-2)24(12-15-4-6-16(21)7-5-15)19(26)13-25(30(3,28)29)18-10-8-17(22)9-11-18/h4-11,14H,12-13H2,1-3H3,(H,23,27). The first kappa shape index (κ1) is 23.8. The quantitative estimate of drug-likeness (QED) is 0.604. The smallest absolute Gasteiger partial charge is 0.244 e. The van der Waals surface area contributed by atoms with Gasteiger partial charge in [0.1, 0.15) is 18.4 Å². The van der Waals surface area contributed by atoms with Crippen molar-refractivity contribution in [3.05, 3.63) is 64.4 Å². The summed E-state index contributed by atoms with van der Waals surface area (Å²) < 4.78 is 39.6. The molecule has 0 saturated carbocycles. The van der Waals surface area contributed by atoms with E-state index >= 15 is 0 Å². The molecule has 1 atom stereocenters. The molecule has 0 spiro atoms. The van der Waals surface area contributed by atoms with Crippen LogP contribution in [0.3, 0.4) is 0 Å². The fourth-order valence-corrected chi connectivity index (χ4v) is 3.91. The molecule has 0 aromatic heterocycles. The third kappa shape index (κ3) is 6.27. The number of sulfonamides is 1. The SMILES string of the molecule is CNC(=O)C(C)N(Cc1ccc(Br)cc1)C(=O)CN(c1ccc(F)cc1)S(C)(=O)=O. The molecule has 7 nitrogen and oxygen atoms in total. The van der Waals surface area contributed by atoms with Crippen LogP contribution < -0.4 is 9.62 Å². The summed E-state index contributed by atoms with van der Waals surface area (Å²) in [5.74, 6) is -1.47. The minimum atomic E-state index is -3.83. The number of halogens is 2. The van der Waals surface area contributed by atoms with E-state index in [1.165, 1.54) is 24.1 Å². The first-order valence-electron chi connectivity index (χ1n) is 9.01. The van der Waals surface area contributed by atoms with Crippen LogP contribution in [0.1, 0.15) is 12.5 Å². The second kappa shape index (κ2) is 10.0. The van der Waals surface area contributed by atoms with Crippen LogP contribution in [0.25, 0.3) is 0 Å². The number of rotatable bonds is 8. The molecule has 1 unspecified atom stereocenters. The van der Waals surface area contributed by atoms with Gasteiger partial charge < -0.3 is 10.2 Å². The van der Waals surface area contributed by atoms with E-state index in [0.29, 0.717) is 0 Å². The number of carbonyl (C=O) groups is 2. The van der Waals surface area contributed by atoms with Crippen LogP contribution in [-0.4, -0.2) is 51.0 Å². The molecular weight excluding hydrogens is 477 g/mol. The Morgan fingerprint density at radius 2 is 1.67 bits per heavy atom. The van der Waals surface area contributed by atoms with Crippen molar-refractivity contribution in [1.29, 1.82) is 0 Å². The predicted octanol–water partition coefficient (Wildman–Crippen LogP) is 2.52. The van der Waals surface area contributed by atoms with E-state index in [9.17, 15) is 22.4 Å². The fourth-order valence-electron chi connectivity index (χ4n) is 2.80. The van der Waals surface area contributed by atoms with Crippen LogP contribution in [0.15, 0.2) is 53.0 Å². The van der Waals surface area contributed by atoms with Crippen molar-refractivity contribution < 1.29 is 22.4 Å². The minimum absolute atomic E-state index is 0.113. The summed E-state index contributed by atoms with van der Waals surface area (Å²) in [5.41, 5.74) is 0.929. The van der Waals surface area contributed by atoms with Gasteiger partial charge in [0.25, 0.3) is 0 Å². The molecule has 0 radical (unpaired) electrons. The lowest BCUT2D eigenvalue weighted by molar-refractivity contribution is -0.139. The van der Waals surface area contributed by atoms with E-state index < -0.39 is 34.3 Å². The third-order valence-electron chi connectivity index (χ3n) is 4.47. The summed E-state index contributed by atoms with van der Waals surface area (Å²) in [5, 5.41) is 2.50. The maximum Gasteiger partial charge on any atom is 0.244 e. The number of benzene rings is 2. The third-order valence-corrected chi connectivity index (χ3v) is 6.14. The van der Waals surface area contributed by atoms with E-state index in [2.05, 4.69) is 21.2 Å². The molecular formula is C20H23BrFN3O4S. The molecule has 0 aliphatic heterocycles. The number of amides is 2. The van der Waals surface area contributed by atoms with Crippen LogP contribution in [0.4, 0.5) is 10.1 Å². The molecule has 162 valence electrons. The van der Waals surface area contributed by atoms with Crippen molar-refractivity contribution in [3.8, 4) is 0 Å². The molecule has 2 aromatic carbocycles. The normalized spacial score (nSPS) is 12.2. The highest BCUT2D eigenvalue weighted by molar-refractivity contribution is 9.10. The second-order valence-corrected chi connectivity index (χ2v) is 9.51. The van der Waals surface area contributed by atoms with Gasteiger partial charge in [0.2, 0.25) is 21.8 Å². The molecule has 0 aliphatic carbocycles. The highest BCUT2D eigenvalue weighted by Gasteiger charge is 2.29. The van der Waals surface area contributed by atoms with E-state index in [0.717, 1.165) is 32.7 Å².